The van der Waals surface area contributed by atoms with Crippen molar-refractivity contribution in [2.45, 2.75) is 44.2 Å². The molecule has 2 aliphatic heterocycles. The fourth-order valence-electron chi connectivity index (χ4n) is 3.81. The zero-order valence-corrected chi connectivity index (χ0v) is 18.0. The molecule has 1 N–H and O–H groups in total. The number of thioether (sulfide) groups is 1. The molecular weight excluding hydrogens is 388 g/mol. The van der Waals surface area contributed by atoms with E-state index in [1.807, 2.05) is 28.9 Å². The molecule has 2 aliphatic rings. The summed E-state index contributed by atoms with van der Waals surface area (Å²) in [4.78, 5) is 27.4. The molecule has 0 radical (unpaired) electrons. The molecule has 1 atom stereocenters. The molecule has 1 saturated heterocycles. The van der Waals surface area contributed by atoms with Crippen molar-refractivity contribution in [3.05, 3.63) is 35.5 Å². The van der Waals surface area contributed by atoms with Gasteiger partial charge in [-0.15, -0.1) is 0 Å². The Morgan fingerprint density at radius 3 is 2.76 bits per heavy atom. The second-order valence-electron chi connectivity index (χ2n) is 8.42. The van der Waals surface area contributed by atoms with Crippen molar-refractivity contribution in [1.29, 1.82) is 0 Å². The van der Waals surface area contributed by atoms with E-state index in [2.05, 4.69) is 26.1 Å². The fraction of sp³-hybridized carbons (Fsp3) is 0.476. The van der Waals surface area contributed by atoms with Gasteiger partial charge in [0.05, 0.1) is 29.9 Å². The highest BCUT2D eigenvalue weighted by Crippen LogP contribution is 2.38. The summed E-state index contributed by atoms with van der Waals surface area (Å²) >= 11 is 1.80. The monoisotopic (exact) mass is 414 g/mol. The molecule has 154 valence electrons. The summed E-state index contributed by atoms with van der Waals surface area (Å²) in [5.74, 6) is 2.48. The number of rotatable bonds is 4. The van der Waals surface area contributed by atoms with Gasteiger partial charge in [0.15, 0.2) is 0 Å². The van der Waals surface area contributed by atoms with E-state index in [1.54, 1.807) is 23.8 Å². The van der Waals surface area contributed by atoms with Gasteiger partial charge in [0, 0.05) is 30.0 Å². The number of nitrogens with one attached hydrogen (secondary N) is 1. The molecule has 4 rings (SSSR count). The Labute approximate surface area is 174 Å². The highest BCUT2D eigenvalue weighted by molar-refractivity contribution is 7.98. The van der Waals surface area contributed by atoms with Gasteiger partial charge in [-0.1, -0.05) is 12.1 Å². The Hall–Kier alpha value is -2.48. The maximum atomic E-state index is 13.1. The summed E-state index contributed by atoms with van der Waals surface area (Å²) in [7, 11) is 1.58. The van der Waals surface area contributed by atoms with Crippen LogP contribution in [0, 0.1) is 5.92 Å². The van der Waals surface area contributed by atoms with E-state index in [1.165, 1.54) is 0 Å². The van der Waals surface area contributed by atoms with Crippen molar-refractivity contribution in [3.63, 3.8) is 0 Å². The Kier molecular flexibility index (Phi) is 5.06. The number of aromatic nitrogens is 2. The number of anilines is 2. The minimum Gasteiger partial charge on any atom is -0.495 e. The molecule has 0 spiro atoms. The number of hydrogen-bond donors (Lipinski definition) is 1. The van der Waals surface area contributed by atoms with Gasteiger partial charge < -0.3 is 15.0 Å². The topological polar surface area (TPSA) is 76.5 Å². The number of hydrogen-bond acceptors (Lipinski definition) is 5. The first-order chi connectivity index (χ1) is 13.8. The molecule has 2 aromatic rings. The molecule has 8 heteroatoms. The molecule has 0 aliphatic carbocycles. The van der Waals surface area contributed by atoms with E-state index in [4.69, 9.17) is 9.84 Å². The van der Waals surface area contributed by atoms with Crippen LogP contribution in [0.15, 0.2) is 24.3 Å². The lowest BCUT2D eigenvalue weighted by Crippen LogP contribution is -2.31. The maximum absolute atomic E-state index is 13.1. The van der Waals surface area contributed by atoms with Crippen LogP contribution in [0.3, 0.4) is 0 Å². The lowest BCUT2D eigenvalue weighted by atomic mass is 10.1. The molecular formula is C21H26N4O3S. The van der Waals surface area contributed by atoms with Crippen LogP contribution in [0.4, 0.5) is 11.5 Å². The van der Waals surface area contributed by atoms with E-state index in [0.717, 1.165) is 28.6 Å². The van der Waals surface area contributed by atoms with E-state index in [0.29, 0.717) is 18.0 Å². The normalized spacial score (nSPS) is 18.8. The van der Waals surface area contributed by atoms with Gasteiger partial charge in [0.25, 0.3) is 0 Å². The van der Waals surface area contributed by atoms with Crippen LogP contribution in [0.1, 0.15) is 38.4 Å². The summed E-state index contributed by atoms with van der Waals surface area (Å²) in [6.07, 6.45) is 0.185. The third kappa shape index (κ3) is 3.61. The summed E-state index contributed by atoms with van der Waals surface area (Å²) in [5, 5.41) is 7.83. The van der Waals surface area contributed by atoms with Crippen LogP contribution in [0.5, 0.6) is 5.75 Å². The van der Waals surface area contributed by atoms with E-state index in [-0.39, 0.29) is 23.8 Å². The molecule has 1 aromatic carbocycles. The fourth-order valence-corrected chi connectivity index (χ4v) is 4.85. The van der Waals surface area contributed by atoms with Crippen molar-refractivity contribution in [3.8, 4) is 5.75 Å². The molecule has 1 fully saturated rings. The standard InChI is InChI=1S/C21H26N4O3S/c1-21(2,3)25-19(14-11-29-12-15(14)23-25)22-20(27)13-9-18(26)24(10-13)16-7-5-6-8-17(16)28-4/h5-8,13H,9-12H2,1-4H3,(H,22,27)/t13-/m1/s1. The molecule has 0 saturated carbocycles. The van der Waals surface area contributed by atoms with Crippen LogP contribution in [0.2, 0.25) is 0 Å². The van der Waals surface area contributed by atoms with Gasteiger partial charge in [-0.2, -0.15) is 16.9 Å². The van der Waals surface area contributed by atoms with Gasteiger partial charge in [0.1, 0.15) is 11.6 Å². The smallest absolute Gasteiger partial charge is 0.230 e. The first-order valence-electron chi connectivity index (χ1n) is 9.73. The van der Waals surface area contributed by atoms with Gasteiger partial charge >= 0.3 is 0 Å². The zero-order chi connectivity index (χ0) is 20.8. The molecule has 1 aromatic heterocycles. The molecule has 0 bridgehead atoms. The van der Waals surface area contributed by atoms with Crippen LogP contribution in [-0.2, 0) is 26.6 Å². The Bertz CT molecular complexity index is 963. The number of fused-ring (bicyclic) bond motifs is 1. The number of nitrogens with zero attached hydrogens (tertiary/aromatic N) is 3. The van der Waals surface area contributed by atoms with Crippen molar-refractivity contribution >= 4 is 35.1 Å². The van der Waals surface area contributed by atoms with E-state index in [9.17, 15) is 9.59 Å². The second-order valence-corrected chi connectivity index (χ2v) is 9.40. The predicted octanol–water partition coefficient (Wildman–Crippen LogP) is 3.39. The van der Waals surface area contributed by atoms with Gasteiger partial charge in [-0.3, -0.25) is 9.59 Å². The molecule has 7 nitrogen and oxygen atoms in total. The van der Waals surface area contributed by atoms with Crippen LogP contribution < -0.4 is 15.0 Å². The number of para-hydroxylation sites is 2. The highest BCUT2D eigenvalue weighted by Gasteiger charge is 2.38. The maximum Gasteiger partial charge on any atom is 0.230 e. The quantitative estimate of drug-likeness (QED) is 0.830. The van der Waals surface area contributed by atoms with Crippen LogP contribution in [0.25, 0.3) is 0 Å². The molecule has 2 amide bonds. The Morgan fingerprint density at radius 1 is 1.28 bits per heavy atom. The SMILES string of the molecule is COc1ccccc1N1C[C@H](C(=O)Nc2c3c(nn2C(C)(C)C)CSC3)CC1=O. The first kappa shape index (κ1) is 19.8. The number of benzene rings is 1. The average Bonchev–Trinajstić information content (AvgIpc) is 3.37. The van der Waals surface area contributed by atoms with E-state index < -0.39 is 5.92 Å². The lowest BCUT2D eigenvalue weighted by molar-refractivity contribution is -0.122. The Morgan fingerprint density at radius 2 is 2.03 bits per heavy atom. The number of amides is 2. The summed E-state index contributed by atoms with van der Waals surface area (Å²) in [6.45, 7) is 6.55. The third-order valence-electron chi connectivity index (χ3n) is 5.30. The number of methoxy groups -OCH3 is 1. The number of carbonyl (C=O) groups is 2. The minimum atomic E-state index is -0.416. The van der Waals surface area contributed by atoms with Crippen molar-refractivity contribution in [1.82, 2.24) is 9.78 Å². The zero-order valence-electron chi connectivity index (χ0n) is 17.2. The van der Waals surface area contributed by atoms with Crippen molar-refractivity contribution in [2.24, 2.45) is 5.92 Å². The summed E-state index contributed by atoms with van der Waals surface area (Å²) < 4.78 is 7.29. The molecule has 3 heterocycles. The Balaban J connectivity index is 1.56. The first-order valence-corrected chi connectivity index (χ1v) is 10.9. The highest BCUT2D eigenvalue weighted by atomic mass is 32.2. The molecule has 0 unspecified atom stereocenters. The number of ether oxygens (including phenoxy) is 1. The third-order valence-corrected chi connectivity index (χ3v) is 6.27. The van der Waals surface area contributed by atoms with Gasteiger partial charge in [0.2, 0.25) is 11.8 Å². The summed E-state index contributed by atoms with van der Waals surface area (Å²) in [6, 6.07) is 7.38. The minimum absolute atomic E-state index is 0.0697. The van der Waals surface area contributed by atoms with Gasteiger partial charge in [-0.25, -0.2) is 4.68 Å². The largest absolute Gasteiger partial charge is 0.495 e. The lowest BCUT2D eigenvalue weighted by Gasteiger charge is -2.24. The van der Waals surface area contributed by atoms with Crippen molar-refractivity contribution < 1.29 is 14.3 Å². The average molecular weight is 415 g/mol. The predicted molar refractivity (Wildman–Crippen MR) is 114 cm³/mol. The molecule has 29 heavy (non-hydrogen) atoms. The van der Waals surface area contributed by atoms with Gasteiger partial charge in [-0.05, 0) is 32.9 Å². The summed E-state index contributed by atoms with van der Waals surface area (Å²) in [5.41, 5.74) is 2.60. The number of carbonyl (C=O) groups excluding carboxylic acids is 2. The van der Waals surface area contributed by atoms with Crippen LogP contribution in [-0.4, -0.2) is 35.2 Å². The second kappa shape index (κ2) is 7.40. The van der Waals surface area contributed by atoms with Crippen molar-refractivity contribution in [2.75, 3.05) is 23.9 Å². The van der Waals surface area contributed by atoms with E-state index >= 15 is 0 Å². The van der Waals surface area contributed by atoms with Crippen LogP contribution >= 0.6 is 11.8 Å².